The number of hydrogen-bond acceptors (Lipinski definition) is 2. The van der Waals surface area contributed by atoms with Gasteiger partial charge in [-0.15, -0.1) is 0 Å². The van der Waals surface area contributed by atoms with Crippen LogP contribution in [0.25, 0.3) is 0 Å². The Bertz CT molecular complexity index is 411. The molecule has 1 fully saturated rings. The molecular formula is C11H10N2O. The number of carbonyl (C=O) groups is 1. The number of nitriles is 1. The van der Waals surface area contributed by atoms with Crippen LogP contribution in [0.3, 0.4) is 0 Å². The van der Waals surface area contributed by atoms with Crippen molar-refractivity contribution in [3.8, 4) is 6.07 Å². The second kappa shape index (κ2) is 2.85. The molecule has 0 aromatic carbocycles. The number of carbonyl (C=O) groups excluding carboxylic acids is 1. The summed E-state index contributed by atoms with van der Waals surface area (Å²) in [7, 11) is 1.72. The summed E-state index contributed by atoms with van der Waals surface area (Å²) < 4.78 is 0. The Hall–Kier alpha value is -1.82. The minimum absolute atomic E-state index is 0.133. The van der Waals surface area contributed by atoms with Crippen LogP contribution in [0.2, 0.25) is 0 Å². The zero-order valence-electron chi connectivity index (χ0n) is 7.90. The van der Waals surface area contributed by atoms with Gasteiger partial charge in [-0.2, -0.15) is 5.26 Å². The van der Waals surface area contributed by atoms with E-state index >= 15 is 0 Å². The van der Waals surface area contributed by atoms with Gasteiger partial charge >= 0.3 is 0 Å². The van der Waals surface area contributed by atoms with Gasteiger partial charge in [-0.05, 0) is 5.57 Å². The van der Waals surface area contributed by atoms with Gasteiger partial charge in [0.1, 0.15) is 0 Å². The maximum absolute atomic E-state index is 11.8. The predicted molar refractivity (Wildman–Crippen MR) is 52.0 cm³/mol. The van der Waals surface area contributed by atoms with Crippen molar-refractivity contribution in [2.75, 3.05) is 13.6 Å². The number of hydrogen-bond donors (Lipinski definition) is 0. The van der Waals surface area contributed by atoms with E-state index in [2.05, 4.69) is 6.07 Å². The number of rotatable bonds is 0. The molecule has 14 heavy (non-hydrogen) atoms. The highest BCUT2D eigenvalue weighted by molar-refractivity contribution is 5.94. The first-order valence-corrected chi connectivity index (χ1v) is 4.43. The lowest BCUT2D eigenvalue weighted by Crippen LogP contribution is -2.30. The van der Waals surface area contributed by atoms with Crippen molar-refractivity contribution >= 4 is 5.91 Å². The van der Waals surface area contributed by atoms with Gasteiger partial charge in [0.2, 0.25) is 0 Å². The van der Waals surface area contributed by atoms with Crippen LogP contribution < -0.4 is 0 Å². The smallest absolute Gasteiger partial charge is 0.251 e. The summed E-state index contributed by atoms with van der Waals surface area (Å²) in [6.45, 7) is 0.543. The standard InChI is InChI=1S/C11H10N2O/c1-13-7-9-5-3-2-4-6-11(9,8-12)10(13)14/h2-6H,7H2,1H3. The first kappa shape index (κ1) is 8.76. The lowest BCUT2D eigenvalue weighted by atomic mass is 9.83. The Balaban J connectivity index is 2.60. The maximum Gasteiger partial charge on any atom is 0.251 e. The second-order valence-electron chi connectivity index (χ2n) is 3.52. The average Bonchev–Trinajstić information content (AvgIpc) is 2.39. The molecule has 1 saturated heterocycles. The average molecular weight is 186 g/mol. The van der Waals surface area contributed by atoms with Gasteiger partial charge < -0.3 is 4.90 Å². The predicted octanol–water partition coefficient (Wildman–Crippen LogP) is 1.02. The van der Waals surface area contributed by atoms with Crippen LogP contribution in [0.5, 0.6) is 0 Å². The zero-order valence-corrected chi connectivity index (χ0v) is 7.90. The Morgan fingerprint density at radius 2 is 2.29 bits per heavy atom. The molecule has 0 saturated carbocycles. The highest BCUT2D eigenvalue weighted by Crippen LogP contribution is 2.38. The fourth-order valence-electron chi connectivity index (χ4n) is 1.85. The van der Waals surface area contributed by atoms with Crippen LogP contribution in [-0.4, -0.2) is 24.4 Å². The molecule has 1 aliphatic heterocycles. The van der Waals surface area contributed by atoms with E-state index in [0.717, 1.165) is 5.57 Å². The van der Waals surface area contributed by atoms with Crippen LogP contribution in [0.15, 0.2) is 36.0 Å². The normalized spacial score (nSPS) is 29.6. The number of amides is 1. The van der Waals surface area contributed by atoms with E-state index in [9.17, 15) is 4.79 Å². The van der Waals surface area contributed by atoms with Crippen molar-refractivity contribution < 1.29 is 4.79 Å². The number of likely N-dealkylation sites (N-methyl/N-ethyl adjacent to an activating group) is 1. The molecule has 1 atom stereocenters. The van der Waals surface area contributed by atoms with Crippen LogP contribution >= 0.6 is 0 Å². The van der Waals surface area contributed by atoms with Crippen LogP contribution in [0, 0.1) is 16.7 Å². The minimum atomic E-state index is -1.04. The minimum Gasteiger partial charge on any atom is -0.340 e. The van der Waals surface area contributed by atoms with E-state index in [1.54, 1.807) is 24.1 Å². The third-order valence-corrected chi connectivity index (χ3v) is 2.64. The molecule has 0 aromatic rings. The quantitative estimate of drug-likeness (QED) is 0.567. The summed E-state index contributed by atoms with van der Waals surface area (Å²) in [5.41, 5.74) is -0.185. The van der Waals surface area contributed by atoms with E-state index < -0.39 is 5.41 Å². The second-order valence-corrected chi connectivity index (χ2v) is 3.52. The topological polar surface area (TPSA) is 44.1 Å². The summed E-state index contributed by atoms with van der Waals surface area (Å²) in [6.07, 6.45) is 8.97. The first-order chi connectivity index (χ1) is 6.70. The van der Waals surface area contributed by atoms with E-state index in [-0.39, 0.29) is 5.91 Å². The van der Waals surface area contributed by atoms with E-state index in [1.807, 2.05) is 18.2 Å². The number of likely N-dealkylation sites (tertiary alicyclic amines) is 1. The molecule has 0 aromatic heterocycles. The number of fused-ring (bicyclic) bond motifs is 1. The molecular weight excluding hydrogens is 176 g/mol. The van der Waals surface area contributed by atoms with Gasteiger partial charge in [0.05, 0.1) is 6.07 Å². The first-order valence-electron chi connectivity index (χ1n) is 4.43. The summed E-state index contributed by atoms with van der Waals surface area (Å²) in [5, 5.41) is 9.15. The van der Waals surface area contributed by atoms with Crippen molar-refractivity contribution in [1.29, 1.82) is 5.26 Å². The van der Waals surface area contributed by atoms with Gasteiger partial charge in [0.25, 0.3) is 5.91 Å². The van der Waals surface area contributed by atoms with Crippen molar-refractivity contribution in [3.05, 3.63) is 36.0 Å². The third-order valence-electron chi connectivity index (χ3n) is 2.64. The van der Waals surface area contributed by atoms with E-state index in [1.165, 1.54) is 0 Å². The largest absolute Gasteiger partial charge is 0.340 e. The molecule has 1 heterocycles. The summed E-state index contributed by atoms with van der Waals surface area (Å²) in [6, 6.07) is 2.11. The molecule has 70 valence electrons. The molecule has 2 rings (SSSR count). The highest BCUT2D eigenvalue weighted by Gasteiger charge is 2.47. The van der Waals surface area contributed by atoms with Crippen molar-refractivity contribution in [1.82, 2.24) is 4.90 Å². The van der Waals surface area contributed by atoms with Gasteiger partial charge in [0, 0.05) is 13.6 Å². The number of allylic oxidation sites excluding steroid dienone is 4. The monoisotopic (exact) mass is 186 g/mol. The molecule has 0 spiro atoms. The fraction of sp³-hybridized carbons (Fsp3) is 0.273. The van der Waals surface area contributed by atoms with Gasteiger partial charge in [-0.1, -0.05) is 30.4 Å². The Kier molecular flexibility index (Phi) is 1.78. The van der Waals surface area contributed by atoms with Crippen LogP contribution in [-0.2, 0) is 4.79 Å². The van der Waals surface area contributed by atoms with E-state index in [0.29, 0.717) is 6.54 Å². The lowest BCUT2D eigenvalue weighted by Gasteiger charge is -2.14. The molecule has 1 unspecified atom stereocenters. The van der Waals surface area contributed by atoms with Crippen molar-refractivity contribution in [2.45, 2.75) is 0 Å². The highest BCUT2D eigenvalue weighted by atomic mass is 16.2. The van der Waals surface area contributed by atoms with Gasteiger partial charge in [0.15, 0.2) is 5.41 Å². The van der Waals surface area contributed by atoms with E-state index in [4.69, 9.17) is 5.26 Å². The maximum atomic E-state index is 11.8. The Labute approximate surface area is 82.6 Å². The van der Waals surface area contributed by atoms with Gasteiger partial charge in [-0.3, -0.25) is 4.79 Å². The SMILES string of the molecule is CN1CC2=CC=CC=CC2(C#N)C1=O. The van der Waals surface area contributed by atoms with Gasteiger partial charge in [-0.25, -0.2) is 0 Å². The zero-order chi connectivity index (χ0) is 10.2. The molecule has 3 heteroatoms. The Morgan fingerprint density at radius 1 is 1.50 bits per heavy atom. The summed E-state index contributed by atoms with van der Waals surface area (Å²) >= 11 is 0. The third kappa shape index (κ3) is 0.942. The lowest BCUT2D eigenvalue weighted by molar-refractivity contribution is -0.130. The number of nitrogens with zero attached hydrogens (tertiary/aromatic N) is 2. The molecule has 2 aliphatic rings. The summed E-state index contributed by atoms with van der Waals surface area (Å²) in [5.74, 6) is -0.133. The molecule has 1 amide bonds. The fourth-order valence-corrected chi connectivity index (χ4v) is 1.85. The van der Waals surface area contributed by atoms with Crippen LogP contribution in [0.1, 0.15) is 0 Å². The molecule has 0 N–H and O–H groups in total. The molecule has 3 nitrogen and oxygen atoms in total. The van der Waals surface area contributed by atoms with Crippen molar-refractivity contribution in [3.63, 3.8) is 0 Å². The molecule has 0 radical (unpaired) electrons. The van der Waals surface area contributed by atoms with Crippen molar-refractivity contribution in [2.24, 2.45) is 5.41 Å². The summed E-state index contributed by atoms with van der Waals surface area (Å²) in [4.78, 5) is 13.4. The molecule has 1 aliphatic carbocycles. The Morgan fingerprint density at radius 3 is 3.00 bits per heavy atom. The van der Waals surface area contributed by atoms with Crippen LogP contribution in [0.4, 0.5) is 0 Å². The molecule has 0 bridgehead atoms.